The molecule has 134 valence electrons. The Morgan fingerprint density at radius 2 is 2.22 bits per heavy atom. The van der Waals surface area contributed by atoms with E-state index in [4.69, 9.17) is 13.8 Å². The van der Waals surface area contributed by atoms with Crippen molar-refractivity contribution in [3.63, 3.8) is 0 Å². The highest BCUT2D eigenvalue weighted by molar-refractivity contribution is 8.00. The van der Waals surface area contributed by atoms with Crippen LogP contribution in [-0.4, -0.2) is 24.9 Å². The molecule has 7 atom stereocenters. The molecule has 23 heavy (non-hydrogen) atoms. The van der Waals surface area contributed by atoms with Crippen molar-refractivity contribution in [1.29, 1.82) is 0 Å². The van der Waals surface area contributed by atoms with Gasteiger partial charge >= 0.3 is 0 Å². The average Bonchev–Trinajstić information content (AvgIpc) is 2.85. The molecule has 0 saturated carbocycles. The Kier molecular flexibility index (Phi) is 11.4. The van der Waals surface area contributed by atoms with E-state index in [0.29, 0.717) is 20.5 Å². The van der Waals surface area contributed by atoms with E-state index in [0.717, 1.165) is 45.1 Å². The normalized spacial score (nSPS) is 24.4. The third-order valence-corrected chi connectivity index (χ3v) is 5.65. The van der Waals surface area contributed by atoms with Crippen LogP contribution < -0.4 is 0 Å². The summed E-state index contributed by atoms with van der Waals surface area (Å²) in [5.74, 6) is 0.494. The van der Waals surface area contributed by atoms with E-state index in [1.54, 1.807) is 0 Å². The molecule has 0 spiro atoms. The van der Waals surface area contributed by atoms with E-state index in [9.17, 15) is 0 Å². The van der Waals surface area contributed by atoms with Gasteiger partial charge in [-0.1, -0.05) is 34.6 Å². The molecule has 0 radical (unpaired) electrons. The predicted molar refractivity (Wildman–Crippen MR) is 108 cm³/mol. The summed E-state index contributed by atoms with van der Waals surface area (Å²) in [5, 5.41) is 0. The van der Waals surface area contributed by atoms with Crippen LogP contribution in [0.1, 0.15) is 52.4 Å². The number of hydrogen-bond acceptors (Lipinski definition) is 3. The van der Waals surface area contributed by atoms with Crippen molar-refractivity contribution in [1.82, 2.24) is 0 Å². The molecule has 1 rings (SSSR count). The first kappa shape index (κ1) is 21.7. The molecule has 1 fully saturated rings. The van der Waals surface area contributed by atoms with Crippen LogP contribution in [-0.2, 0) is 13.8 Å². The molecule has 1 heterocycles. The second-order valence-electron chi connectivity index (χ2n) is 6.54. The third-order valence-electron chi connectivity index (χ3n) is 4.53. The molecule has 3 nitrogen and oxygen atoms in total. The summed E-state index contributed by atoms with van der Waals surface area (Å²) >= 11 is 0. The lowest BCUT2D eigenvalue weighted by atomic mass is 9.93. The summed E-state index contributed by atoms with van der Waals surface area (Å²) in [6.07, 6.45) is 6.89. The van der Waals surface area contributed by atoms with Gasteiger partial charge in [0, 0.05) is 18.0 Å². The fourth-order valence-corrected chi connectivity index (χ4v) is 4.04. The van der Waals surface area contributed by atoms with Gasteiger partial charge in [0.05, 0.1) is 24.9 Å². The predicted octanol–water partition coefficient (Wildman–Crippen LogP) is 5.44. The van der Waals surface area contributed by atoms with Crippen molar-refractivity contribution in [3.8, 4) is 0 Å². The Bertz CT molecular complexity index is 376. The Labute approximate surface area is 148 Å². The van der Waals surface area contributed by atoms with Crippen LogP contribution in [0.15, 0.2) is 24.3 Å². The fraction of sp³-hybridized carbons (Fsp3) is 0.765. The van der Waals surface area contributed by atoms with Crippen LogP contribution in [0.4, 0.5) is 0 Å². The summed E-state index contributed by atoms with van der Waals surface area (Å²) < 4.78 is 17.1. The van der Waals surface area contributed by atoms with E-state index < -0.39 is 0 Å². The SMILES string of the molecule is C=C(C)[C@H](C)C[C@@H](CC[C@@H]1O[C@@H](CCCOP)CC1=C)OPP. The highest BCUT2D eigenvalue weighted by Gasteiger charge is 2.29. The minimum Gasteiger partial charge on any atom is -0.370 e. The Morgan fingerprint density at radius 1 is 1.48 bits per heavy atom. The smallest absolute Gasteiger partial charge is 0.0788 e. The van der Waals surface area contributed by atoms with Gasteiger partial charge in [-0.05, 0) is 56.9 Å². The Hall–Kier alpha value is 0.650. The van der Waals surface area contributed by atoms with Gasteiger partial charge in [-0.3, -0.25) is 0 Å². The molecule has 0 bridgehead atoms. The molecule has 1 aliphatic rings. The zero-order valence-corrected chi connectivity index (χ0v) is 17.9. The van der Waals surface area contributed by atoms with Gasteiger partial charge in [0.25, 0.3) is 0 Å². The van der Waals surface area contributed by atoms with Crippen molar-refractivity contribution in [2.24, 2.45) is 5.92 Å². The summed E-state index contributed by atoms with van der Waals surface area (Å²) in [6, 6.07) is 0. The Morgan fingerprint density at radius 3 is 2.83 bits per heavy atom. The standard InChI is InChI=1S/C17H33O3P3/c1-12(2)13(3)10-16(20-23-22)7-8-17-14(4)11-15(19-17)6-5-9-18-21/h13,15-17,23H,1,4-11,21-22H2,2-3H3/t13-,15+,16-,17+/m1/s1. The van der Waals surface area contributed by atoms with Crippen LogP contribution >= 0.6 is 26.9 Å². The molecule has 0 amide bonds. The van der Waals surface area contributed by atoms with Gasteiger partial charge in [0.1, 0.15) is 0 Å². The molecule has 0 aromatic carbocycles. The highest BCUT2D eigenvalue weighted by atomic mass is 32.0. The molecule has 3 unspecified atom stereocenters. The third kappa shape index (κ3) is 8.53. The van der Waals surface area contributed by atoms with Crippen LogP contribution in [0.3, 0.4) is 0 Å². The van der Waals surface area contributed by atoms with Crippen molar-refractivity contribution in [2.75, 3.05) is 6.61 Å². The number of ether oxygens (including phenoxy) is 1. The molecule has 0 aliphatic carbocycles. The van der Waals surface area contributed by atoms with Crippen molar-refractivity contribution in [3.05, 3.63) is 24.3 Å². The second-order valence-corrected chi connectivity index (χ2v) is 8.05. The topological polar surface area (TPSA) is 27.7 Å². The first-order valence-electron chi connectivity index (χ1n) is 8.39. The summed E-state index contributed by atoms with van der Waals surface area (Å²) in [7, 11) is 5.42. The maximum absolute atomic E-state index is 6.16. The quantitative estimate of drug-likeness (QED) is 0.257. The van der Waals surface area contributed by atoms with Crippen molar-refractivity contribution < 1.29 is 13.8 Å². The van der Waals surface area contributed by atoms with Gasteiger partial charge in [-0.15, -0.1) is 0 Å². The minimum atomic E-state index is 0.191. The monoisotopic (exact) mass is 378 g/mol. The molecule has 0 aromatic rings. The van der Waals surface area contributed by atoms with Crippen molar-refractivity contribution >= 4 is 26.9 Å². The van der Waals surface area contributed by atoms with Gasteiger partial charge in [-0.25, -0.2) is 0 Å². The summed E-state index contributed by atoms with van der Waals surface area (Å²) in [6.45, 7) is 13.3. The average molecular weight is 378 g/mol. The first-order valence-corrected chi connectivity index (χ1v) is 11.6. The minimum absolute atomic E-state index is 0.191. The van der Waals surface area contributed by atoms with Crippen LogP contribution in [0, 0.1) is 5.92 Å². The largest absolute Gasteiger partial charge is 0.370 e. The first-order chi connectivity index (χ1) is 11.0. The molecule has 1 aliphatic heterocycles. The zero-order valence-electron chi connectivity index (χ0n) is 14.6. The molecule has 1 saturated heterocycles. The van der Waals surface area contributed by atoms with Gasteiger partial charge in [0.15, 0.2) is 0 Å². The van der Waals surface area contributed by atoms with E-state index in [2.05, 4.69) is 45.4 Å². The van der Waals surface area contributed by atoms with Crippen LogP contribution in [0.25, 0.3) is 0 Å². The number of hydrogen-bond donors (Lipinski definition) is 0. The Balaban J connectivity index is 2.38. The highest BCUT2D eigenvalue weighted by Crippen LogP contribution is 2.34. The van der Waals surface area contributed by atoms with Crippen molar-refractivity contribution in [2.45, 2.75) is 70.7 Å². The number of rotatable bonds is 12. The van der Waals surface area contributed by atoms with E-state index in [1.165, 1.54) is 11.1 Å². The molecule has 0 N–H and O–H groups in total. The lowest BCUT2D eigenvalue weighted by molar-refractivity contribution is 0.0333. The zero-order chi connectivity index (χ0) is 17.2. The van der Waals surface area contributed by atoms with Crippen LogP contribution in [0.5, 0.6) is 0 Å². The molecular formula is C17H33O3P3. The molecular weight excluding hydrogens is 345 g/mol. The maximum Gasteiger partial charge on any atom is 0.0788 e. The lowest BCUT2D eigenvalue weighted by Gasteiger charge is -2.22. The van der Waals surface area contributed by atoms with Gasteiger partial charge in [0.2, 0.25) is 0 Å². The lowest BCUT2D eigenvalue weighted by Crippen LogP contribution is -2.18. The maximum atomic E-state index is 6.16. The van der Waals surface area contributed by atoms with Crippen LogP contribution in [0.2, 0.25) is 0 Å². The fourth-order valence-electron chi connectivity index (χ4n) is 2.89. The van der Waals surface area contributed by atoms with E-state index >= 15 is 0 Å². The summed E-state index contributed by atoms with van der Waals surface area (Å²) in [4.78, 5) is 0. The van der Waals surface area contributed by atoms with Gasteiger partial charge < -0.3 is 13.8 Å². The van der Waals surface area contributed by atoms with E-state index in [1.807, 2.05) is 0 Å². The van der Waals surface area contributed by atoms with Gasteiger partial charge in [-0.2, -0.15) is 0 Å². The molecule has 6 heteroatoms. The van der Waals surface area contributed by atoms with E-state index in [-0.39, 0.29) is 12.2 Å². The molecule has 0 aromatic heterocycles. The summed E-state index contributed by atoms with van der Waals surface area (Å²) in [5.41, 5.74) is 2.46. The number of allylic oxidation sites excluding steroid dienone is 1. The second kappa shape index (κ2) is 12.1.